The van der Waals surface area contributed by atoms with E-state index in [0.29, 0.717) is 0 Å². The number of rotatable bonds is 3. The van der Waals surface area contributed by atoms with Crippen LogP contribution in [0.2, 0.25) is 0 Å². The number of benzene rings is 1. The fraction of sp³-hybridized carbons (Fsp3) is 0.300. The number of aryl methyl sites for hydroxylation is 1. The predicted octanol–water partition coefficient (Wildman–Crippen LogP) is 2.51. The van der Waals surface area contributed by atoms with Crippen molar-refractivity contribution in [3.63, 3.8) is 0 Å². The third-order valence-corrected chi connectivity index (χ3v) is 6.26. The average Bonchev–Trinajstić information content (AvgIpc) is 2.14. The van der Waals surface area contributed by atoms with Gasteiger partial charge in [-0.25, -0.2) is 8.42 Å². The molecule has 88 valence electrons. The van der Waals surface area contributed by atoms with E-state index in [0.717, 1.165) is 11.8 Å². The second-order valence-corrected chi connectivity index (χ2v) is 8.61. The predicted molar refractivity (Wildman–Crippen MR) is 67.9 cm³/mol. The quantitative estimate of drug-likeness (QED) is 0.634. The molecular weight excluding hydrogens is 316 g/mol. The molecule has 0 heterocycles. The minimum Gasteiger partial charge on any atom is -0.290 e. The van der Waals surface area contributed by atoms with Gasteiger partial charge in [0.1, 0.15) is 0 Å². The second kappa shape index (κ2) is 4.47. The second-order valence-electron chi connectivity index (χ2n) is 3.49. The van der Waals surface area contributed by atoms with Gasteiger partial charge in [0.05, 0.1) is 0 Å². The van der Waals surface area contributed by atoms with Crippen LogP contribution in [-0.4, -0.2) is 23.6 Å². The van der Waals surface area contributed by atoms with E-state index in [9.17, 15) is 13.2 Å². The number of halogens is 2. The van der Waals surface area contributed by atoms with E-state index in [1.54, 1.807) is 25.1 Å². The van der Waals surface area contributed by atoms with Crippen LogP contribution >= 0.6 is 27.5 Å². The molecule has 0 aliphatic carbocycles. The molecule has 1 aromatic rings. The Morgan fingerprint density at radius 1 is 1.44 bits per heavy atom. The summed E-state index contributed by atoms with van der Waals surface area (Å²) in [7, 11) is -3.73. The van der Waals surface area contributed by atoms with Crippen LogP contribution in [0.25, 0.3) is 0 Å². The number of ketones is 1. The summed E-state index contributed by atoms with van der Waals surface area (Å²) < 4.78 is 20.6. The van der Waals surface area contributed by atoms with Gasteiger partial charge in [0, 0.05) is 11.8 Å². The summed E-state index contributed by atoms with van der Waals surface area (Å²) in [6.45, 7) is 1.81. The first-order chi connectivity index (χ1) is 7.16. The number of alkyl halides is 2. The smallest absolute Gasteiger partial charge is 0.261 e. The highest BCUT2D eigenvalue weighted by molar-refractivity contribution is 9.12. The first-order valence-electron chi connectivity index (χ1n) is 4.35. The lowest BCUT2D eigenvalue weighted by atomic mass is 10.1. The number of hydrogen-bond donors (Lipinski definition) is 0. The number of Topliss-reactive ketones (excluding diaryl/α,β-unsaturated/α-hetero) is 1. The molecule has 1 aromatic carbocycles. The van der Waals surface area contributed by atoms with E-state index in [1.165, 1.54) is 6.07 Å². The summed E-state index contributed by atoms with van der Waals surface area (Å²) in [5.74, 6) is -0.680. The summed E-state index contributed by atoms with van der Waals surface area (Å²) in [4.78, 5) is 11.9. The largest absolute Gasteiger partial charge is 0.290 e. The van der Waals surface area contributed by atoms with Gasteiger partial charge in [-0.2, -0.15) is 0 Å². The lowest BCUT2D eigenvalue weighted by Crippen LogP contribution is -2.34. The molecule has 16 heavy (non-hydrogen) atoms. The molecule has 0 aliphatic rings. The zero-order valence-electron chi connectivity index (χ0n) is 8.70. The van der Waals surface area contributed by atoms with Gasteiger partial charge in [-0.15, -0.1) is 0 Å². The molecule has 0 bridgehead atoms. The van der Waals surface area contributed by atoms with Gasteiger partial charge in [-0.3, -0.25) is 4.79 Å². The first-order valence-corrected chi connectivity index (χ1v) is 7.41. The number of carbonyl (C=O) groups is 1. The summed E-state index contributed by atoms with van der Waals surface area (Å²) in [6.07, 6.45) is 0.905. The topological polar surface area (TPSA) is 51.2 Å². The lowest BCUT2D eigenvalue weighted by molar-refractivity contribution is 0.1000. The van der Waals surface area contributed by atoms with Crippen molar-refractivity contribution in [3.8, 4) is 0 Å². The molecule has 0 amide bonds. The minimum absolute atomic E-state index is 0.261. The molecule has 0 radical (unpaired) electrons. The Bertz CT molecular complexity index is 523. The Morgan fingerprint density at radius 3 is 2.44 bits per heavy atom. The van der Waals surface area contributed by atoms with Crippen molar-refractivity contribution in [2.45, 2.75) is 10.0 Å². The minimum atomic E-state index is -3.73. The standard InChI is InChI=1S/C10H10BrClO3S/c1-7-4-3-5-8(6-7)9(13)10(11,12)16(2,14)15/h3-6H,1-2H3/t10-/m0/s1. The van der Waals surface area contributed by atoms with Crippen molar-refractivity contribution in [1.29, 1.82) is 0 Å². The van der Waals surface area contributed by atoms with E-state index in [1.807, 2.05) is 0 Å². The summed E-state index contributed by atoms with van der Waals surface area (Å²) in [6, 6.07) is 6.59. The van der Waals surface area contributed by atoms with E-state index < -0.39 is 18.7 Å². The van der Waals surface area contributed by atoms with E-state index in [2.05, 4.69) is 15.9 Å². The van der Waals surface area contributed by atoms with Gasteiger partial charge >= 0.3 is 0 Å². The normalized spacial score (nSPS) is 15.5. The van der Waals surface area contributed by atoms with Crippen LogP contribution < -0.4 is 0 Å². The van der Waals surface area contributed by atoms with Gasteiger partial charge in [-0.1, -0.05) is 35.4 Å². The van der Waals surface area contributed by atoms with Crippen LogP contribution in [-0.2, 0) is 9.84 Å². The zero-order valence-corrected chi connectivity index (χ0v) is 11.9. The fourth-order valence-corrected chi connectivity index (χ4v) is 1.92. The van der Waals surface area contributed by atoms with Crippen molar-refractivity contribution in [2.24, 2.45) is 0 Å². The highest BCUT2D eigenvalue weighted by atomic mass is 79.9. The lowest BCUT2D eigenvalue weighted by Gasteiger charge is -2.16. The SMILES string of the molecule is Cc1cccc(C(=O)[C@@](Cl)(Br)S(C)(=O)=O)c1. The van der Waals surface area contributed by atoms with Gasteiger partial charge in [0.15, 0.2) is 9.84 Å². The molecule has 0 N–H and O–H groups in total. The number of sulfone groups is 1. The molecule has 6 heteroatoms. The third-order valence-electron chi connectivity index (χ3n) is 2.01. The van der Waals surface area contributed by atoms with Crippen molar-refractivity contribution in [1.82, 2.24) is 0 Å². The van der Waals surface area contributed by atoms with E-state index in [4.69, 9.17) is 11.6 Å². The van der Waals surface area contributed by atoms with Crippen molar-refractivity contribution in [3.05, 3.63) is 35.4 Å². The van der Waals surface area contributed by atoms with Crippen LogP contribution in [0.5, 0.6) is 0 Å². The molecule has 3 nitrogen and oxygen atoms in total. The maximum absolute atomic E-state index is 11.9. The molecule has 0 aliphatic heterocycles. The van der Waals surface area contributed by atoms with Crippen molar-refractivity contribution in [2.75, 3.05) is 6.26 Å². The molecule has 0 spiro atoms. The van der Waals surface area contributed by atoms with Crippen molar-refractivity contribution < 1.29 is 13.2 Å². The molecule has 1 atom stereocenters. The maximum Gasteiger partial charge on any atom is 0.261 e. The van der Waals surface area contributed by atoms with Crippen LogP contribution in [0, 0.1) is 6.92 Å². The summed E-state index contributed by atoms with van der Waals surface area (Å²) in [5.41, 5.74) is 1.12. The van der Waals surface area contributed by atoms with Crippen LogP contribution in [0.15, 0.2) is 24.3 Å². The van der Waals surface area contributed by atoms with Gasteiger partial charge in [0.25, 0.3) is 3.12 Å². The molecule has 0 saturated carbocycles. The fourth-order valence-electron chi connectivity index (χ4n) is 1.12. The highest BCUT2D eigenvalue weighted by Crippen LogP contribution is 2.33. The van der Waals surface area contributed by atoms with Crippen LogP contribution in [0.4, 0.5) is 0 Å². The molecule has 0 fully saturated rings. The number of carbonyl (C=O) groups excluding carboxylic acids is 1. The Balaban J connectivity index is 3.23. The van der Waals surface area contributed by atoms with Gasteiger partial charge in [0.2, 0.25) is 5.78 Å². The molecule has 0 saturated heterocycles. The van der Waals surface area contributed by atoms with E-state index in [-0.39, 0.29) is 5.56 Å². The maximum atomic E-state index is 11.9. The molecule has 0 aromatic heterocycles. The molecule has 1 rings (SSSR count). The first kappa shape index (κ1) is 13.7. The number of hydrogen-bond acceptors (Lipinski definition) is 3. The summed E-state index contributed by atoms with van der Waals surface area (Å²) >= 11 is 8.49. The van der Waals surface area contributed by atoms with Gasteiger partial charge in [-0.05, 0) is 28.9 Å². The van der Waals surface area contributed by atoms with Crippen LogP contribution in [0.1, 0.15) is 15.9 Å². The monoisotopic (exact) mass is 324 g/mol. The van der Waals surface area contributed by atoms with Crippen LogP contribution in [0.3, 0.4) is 0 Å². The highest BCUT2D eigenvalue weighted by Gasteiger charge is 2.44. The van der Waals surface area contributed by atoms with Crippen molar-refractivity contribution >= 4 is 43.2 Å². The average molecular weight is 326 g/mol. The third kappa shape index (κ3) is 2.64. The Labute approximate surface area is 108 Å². The molecular formula is C10H10BrClO3S. The Hall–Kier alpha value is -0.390. The molecule has 0 unspecified atom stereocenters. The zero-order chi connectivity index (χ0) is 12.6. The van der Waals surface area contributed by atoms with Gasteiger partial charge < -0.3 is 0 Å². The Kier molecular flexibility index (Phi) is 3.82. The van der Waals surface area contributed by atoms with E-state index >= 15 is 0 Å². The summed E-state index contributed by atoms with van der Waals surface area (Å²) in [5, 5.41) is 0. The Morgan fingerprint density at radius 2 is 2.00 bits per heavy atom.